The van der Waals surface area contributed by atoms with Crippen molar-refractivity contribution in [3.8, 4) is 0 Å². The van der Waals surface area contributed by atoms with E-state index in [1.54, 1.807) is 0 Å². The summed E-state index contributed by atoms with van der Waals surface area (Å²) in [6, 6.07) is 8.77. The smallest absolute Gasteiger partial charge is 0.188 e. The molecule has 0 saturated heterocycles. The topological polar surface area (TPSA) is 53.6 Å². The molecule has 0 bridgehead atoms. The normalized spacial score (nSPS) is 20.0. The number of aliphatic imine (C=N–C) groups is 1. The van der Waals surface area contributed by atoms with Gasteiger partial charge in [-0.15, -0.1) is 0 Å². The number of guanidine groups is 1. The van der Waals surface area contributed by atoms with Gasteiger partial charge in [0.2, 0.25) is 0 Å². The Balaban J connectivity index is 1.54. The van der Waals surface area contributed by atoms with Crippen LogP contribution in [-0.2, 0) is 13.0 Å². The molecule has 126 valence electrons. The summed E-state index contributed by atoms with van der Waals surface area (Å²) in [5.41, 5.74) is 9.00. The molecule has 0 radical (unpaired) electrons. The highest BCUT2D eigenvalue weighted by Gasteiger charge is 2.29. The first-order valence-corrected chi connectivity index (χ1v) is 8.90. The molecule has 23 heavy (non-hydrogen) atoms. The van der Waals surface area contributed by atoms with E-state index in [1.165, 1.54) is 30.4 Å². The van der Waals surface area contributed by atoms with E-state index >= 15 is 0 Å². The maximum atomic E-state index is 6.03. The maximum absolute atomic E-state index is 6.03. The molecular weight excluding hydrogens is 284 g/mol. The van der Waals surface area contributed by atoms with Crippen LogP contribution in [-0.4, -0.2) is 36.0 Å². The van der Waals surface area contributed by atoms with Crippen molar-refractivity contribution in [1.29, 1.82) is 0 Å². The van der Waals surface area contributed by atoms with Gasteiger partial charge in [0, 0.05) is 25.2 Å². The Morgan fingerprint density at radius 3 is 2.74 bits per heavy atom. The Hall–Kier alpha value is -1.55. The molecule has 1 saturated carbocycles. The lowest BCUT2D eigenvalue weighted by Crippen LogP contribution is -2.49. The fourth-order valence-electron chi connectivity index (χ4n) is 3.39. The quantitative estimate of drug-likeness (QED) is 0.648. The van der Waals surface area contributed by atoms with Crippen molar-refractivity contribution >= 4 is 5.96 Å². The number of fused-ring (bicyclic) bond motifs is 1. The van der Waals surface area contributed by atoms with Gasteiger partial charge in [0.05, 0.1) is 6.54 Å². The average Bonchev–Trinajstić information content (AvgIpc) is 2.51. The average molecular weight is 314 g/mol. The molecule has 1 fully saturated rings. The van der Waals surface area contributed by atoms with E-state index in [4.69, 9.17) is 5.73 Å². The first kappa shape index (κ1) is 16.3. The molecule has 3 rings (SSSR count). The van der Waals surface area contributed by atoms with Gasteiger partial charge in [-0.1, -0.05) is 30.7 Å². The molecule has 1 aromatic rings. The molecule has 4 nitrogen and oxygen atoms in total. The molecule has 0 amide bonds. The highest BCUT2D eigenvalue weighted by molar-refractivity contribution is 5.77. The standard InChI is InChI=1S/C19H30N4/c1-19(2,14-22-18(20)21-12-15-6-5-7-15)23-11-10-16-8-3-4-9-17(16)13-23/h3-4,8-9,15H,5-7,10-14H2,1-2H3,(H3,20,21,22). The van der Waals surface area contributed by atoms with Gasteiger partial charge in [0.25, 0.3) is 0 Å². The summed E-state index contributed by atoms with van der Waals surface area (Å²) in [6.45, 7) is 8.35. The SMILES string of the molecule is CC(C)(CN=C(N)NCC1CCC1)N1CCc2ccccc2C1. The summed E-state index contributed by atoms with van der Waals surface area (Å²) in [5, 5.41) is 3.28. The fourth-order valence-corrected chi connectivity index (χ4v) is 3.39. The van der Waals surface area contributed by atoms with E-state index in [-0.39, 0.29) is 5.54 Å². The molecular formula is C19H30N4. The Kier molecular flexibility index (Phi) is 4.90. The predicted octanol–water partition coefficient (Wildman–Crippen LogP) is 2.53. The van der Waals surface area contributed by atoms with E-state index < -0.39 is 0 Å². The lowest BCUT2D eigenvalue weighted by Gasteiger charge is -2.40. The highest BCUT2D eigenvalue weighted by atomic mass is 15.2. The molecule has 2 aliphatic rings. The third-order valence-electron chi connectivity index (χ3n) is 5.42. The van der Waals surface area contributed by atoms with Crippen LogP contribution in [0.2, 0.25) is 0 Å². The maximum Gasteiger partial charge on any atom is 0.188 e. The van der Waals surface area contributed by atoms with Crippen molar-refractivity contribution in [2.45, 2.75) is 51.6 Å². The van der Waals surface area contributed by atoms with Crippen LogP contribution in [0, 0.1) is 5.92 Å². The molecule has 0 atom stereocenters. The van der Waals surface area contributed by atoms with Crippen LogP contribution in [0.25, 0.3) is 0 Å². The Morgan fingerprint density at radius 2 is 2.04 bits per heavy atom. The van der Waals surface area contributed by atoms with Gasteiger partial charge in [0.1, 0.15) is 0 Å². The first-order chi connectivity index (χ1) is 11.0. The minimum absolute atomic E-state index is 0.0241. The van der Waals surface area contributed by atoms with Crippen LogP contribution >= 0.6 is 0 Å². The van der Waals surface area contributed by atoms with Gasteiger partial charge in [-0.2, -0.15) is 0 Å². The van der Waals surface area contributed by atoms with Gasteiger partial charge in [0.15, 0.2) is 5.96 Å². The van der Waals surface area contributed by atoms with Crippen LogP contribution in [0.1, 0.15) is 44.2 Å². The zero-order valence-corrected chi connectivity index (χ0v) is 14.5. The molecule has 0 spiro atoms. The van der Waals surface area contributed by atoms with Crippen LogP contribution in [0.5, 0.6) is 0 Å². The monoisotopic (exact) mass is 314 g/mol. The lowest BCUT2D eigenvalue weighted by atomic mass is 9.85. The van der Waals surface area contributed by atoms with Gasteiger partial charge < -0.3 is 11.1 Å². The summed E-state index contributed by atoms with van der Waals surface area (Å²) in [5.74, 6) is 1.40. The van der Waals surface area contributed by atoms with Crippen LogP contribution in [0.15, 0.2) is 29.3 Å². The van der Waals surface area contributed by atoms with Crippen LogP contribution in [0.3, 0.4) is 0 Å². The van der Waals surface area contributed by atoms with Crippen LogP contribution in [0.4, 0.5) is 0 Å². The van der Waals surface area contributed by atoms with E-state index in [2.05, 4.69) is 53.3 Å². The van der Waals surface area contributed by atoms with Crippen LogP contribution < -0.4 is 11.1 Å². The number of hydrogen-bond donors (Lipinski definition) is 2. The van der Waals surface area contributed by atoms with Gasteiger partial charge in [-0.3, -0.25) is 9.89 Å². The third kappa shape index (κ3) is 4.05. The number of hydrogen-bond acceptors (Lipinski definition) is 2. The van der Waals surface area contributed by atoms with Crippen molar-refractivity contribution in [3.05, 3.63) is 35.4 Å². The second kappa shape index (κ2) is 6.91. The number of nitrogens with one attached hydrogen (secondary N) is 1. The molecule has 4 heteroatoms. The number of benzene rings is 1. The molecule has 1 aromatic carbocycles. The third-order valence-corrected chi connectivity index (χ3v) is 5.42. The molecule has 0 unspecified atom stereocenters. The summed E-state index contributed by atoms with van der Waals surface area (Å²) in [7, 11) is 0. The summed E-state index contributed by atoms with van der Waals surface area (Å²) >= 11 is 0. The lowest BCUT2D eigenvalue weighted by molar-refractivity contribution is 0.112. The molecule has 3 N–H and O–H groups in total. The summed E-state index contributed by atoms with van der Waals surface area (Å²) in [4.78, 5) is 7.12. The molecule has 1 aliphatic heterocycles. The van der Waals surface area contributed by atoms with Crippen molar-refractivity contribution < 1.29 is 0 Å². The van der Waals surface area contributed by atoms with E-state index in [0.29, 0.717) is 5.96 Å². The second-order valence-corrected chi connectivity index (χ2v) is 7.63. The van der Waals surface area contributed by atoms with Crippen molar-refractivity contribution in [3.63, 3.8) is 0 Å². The van der Waals surface area contributed by atoms with Gasteiger partial charge >= 0.3 is 0 Å². The van der Waals surface area contributed by atoms with Gasteiger partial charge in [-0.05, 0) is 50.2 Å². The number of nitrogens with zero attached hydrogens (tertiary/aromatic N) is 2. The minimum Gasteiger partial charge on any atom is -0.370 e. The molecule has 0 aromatic heterocycles. The van der Waals surface area contributed by atoms with Crippen molar-refractivity contribution in [1.82, 2.24) is 10.2 Å². The summed E-state index contributed by atoms with van der Waals surface area (Å²) in [6.07, 6.45) is 5.16. The van der Waals surface area contributed by atoms with E-state index in [1.807, 2.05) is 0 Å². The summed E-state index contributed by atoms with van der Waals surface area (Å²) < 4.78 is 0. The predicted molar refractivity (Wildman–Crippen MR) is 96.5 cm³/mol. The fraction of sp³-hybridized carbons (Fsp3) is 0.632. The van der Waals surface area contributed by atoms with E-state index in [0.717, 1.165) is 38.5 Å². The Bertz CT molecular complexity index is 560. The minimum atomic E-state index is 0.0241. The van der Waals surface area contributed by atoms with E-state index in [9.17, 15) is 0 Å². The zero-order valence-electron chi connectivity index (χ0n) is 14.5. The van der Waals surface area contributed by atoms with Crippen molar-refractivity contribution in [2.24, 2.45) is 16.6 Å². The Labute approximate surface area is 140 Å². The molecule has 1 heterocycles. The largest absolute Gasteiger partial charge is 0.370 e. The number of rotatable bonds is 5. The number of nitrogens with two attached hydrogens (primary N) is 1. The molecule has 1 aliphatic carbocycles. The second-order valence-electron chi connectivity index (χ2n) is 7.63. The van der Waals surface area contributed by atoms with Crippen molar-refractivity contribution in [2.75, 3.05) is 19.6 Å². The first-order valence-electron chi connectivity index (χ1n) is 8.90. The zero-order chi connectivity index (χ0) is 16.3. The van der Waals surface area contributed by atoms with Gasteiger partial charge in [-0.25, -0.2) is 0 Å². The highest BCUT2D eigenvalue weighted by Crippen LogP contribution is 2.26. The Morgan fingerprint density at radius 1 is 1.30 bits per heavy atom.